The fourth-order valence-corrected chi connectivity index (χ4v) is 4.34. The van der Waals surface area contributed by atoms with Gasteiger partial charge in [-0.05, 0) is 56.5 Å². The van der Waals surface area contributed by atoms with Crippen LogP contribution >= 0.6 is 11.8 Å². The Kier molecular flexibility index (Phi) is 7.96. The average Bonchev–Trinajstić information content (AvgIpc) is 3.22. The predicted octanol–water partition coefficient (Wildman–Crippen LogP) is 5.88. The number of amides is 1. The van der Waals surface area contributed by atoms with Gasteiger partial charge in [-0.2, -0.15) is 0 Å². The number of rotatable bonds is 9. The lowest BCUT2D eigenvalue weighted by Crippen LogP contribution is -2.28. The lowest BCUT2D eigenvalue weighted by Gasteiger charge is -2.20. The van der Waals surface area contributed by atoms with Gasteiger partial charge in [0.2, 0.25) is 5.91 Å². The lowest BCUT2D eigenvalue weighted by molar-refractivity contribution is -0.115. The molecule has 170 valence electrons. The summed E-state index contributed by atoms with van der Waals surface area (Å²) in [6, 6.07) is 17.9. The van der Waals surface area contributed by atoms with Gasteiger partial charge in [-0.1, -0.05) is 55.9 Å². The molecule has 0 aliphatic rings. The molecule has 7 heteroatoms. The lowest BCUT2D eigenvalue weighted by atomic mass is 10.0. The summed E-state index contributed by atoms with van der Waals surface area (Å²) < 4.78 is 8.20. The molecule has 32 heavy (non-hydrogen) atoms. The van der Waals surface area contributed by atoms with Crippen LogP contribution in [0.15, 0.2) is 59.8 Å². The zero-order valence-corrected chi connectivity index (χ0v) is 20.5. The van der Waals surface area contributed by atoms with Crippen LogP contribution in [0.3, 0.4) is 0 Å². The van der Waals surface area contributed by atoms with Gasteiger partial charge in [0, 0.05) is 18.8 Å². The highest BCUT2D eigenvalue weighted by Crippen LogP contribution is 2.28. The van der Waals surface area contributed by atoms with E-state index >= 15 is 0 Å². The van der Waals surface area contributed by atoms with Crippen LogP contribution < -0.4 is 9.64 Å². The minimum Gasteiger partial charge on any atom is -0.483 e. The predicted molar refractivity (Wildman–Crippen MR) is 131 cm³/mol. The summed E-state index contributed by atoms with van der Waals surface area (Å²) in [7, 11) is 1.79. The first-order valence-corrected chi connectivity index (χ1v) is 11.9. The maximum atomic E-state index is 12.7. The third kappa shape index (κ3) is 5.71. The minimum absolute atomic E-state index is 0.00981. The standard InChI is InChI=1S/C25H32N4O2S/c1-17(2)20-12-14-22(15-13-20)31-19(5)24-26-27-25(29(24)18(3)4)32-16-23(30)28(6)21-10-8-7-9-11-21/h7-15,17-19H,16H2,1-6H3. The molecule has 0 saturated heterocycles. The van der Waals surface area contributed by atoms with Crippen molar-refractivity contribution in [2.24, 2.45) is 0 Å². The van der Waals surface area contributed by atoms with Crippen molar-refractivity contribution in [1.82, 2.24) is 14.8 Å². The van der Waals surface area contributed by atoms with Crippen molar-refractivity contribution in [3.8, 4) is 5.75 Å². The monoisotopic (exact) mass is 452 g/mol. The number of ether oxygens (including phenoxy) is 1. The van der Waals surface area contributed by atoms with Crippen molar-refractivity contribution < 1.29 is 9.53 Å². The van der Waals surface area contributed by atoms with Crippen LogP contribution in [0.2, 0.25) is 0 Å². The number of benzene rings is 2. The number of thioether (sulfide) groups is 1. The molecule has 0 aliphatic heterocycles. The first kappa shape index (κ1) is 23.9. The summed E-state index contributed by atoms with van der Waals surface area (Å²) in [6.45, 7) is 10.5. The zero-order valence-electron chi connectivity index (χ0n) is 19.6. The number of hydrogen-bond donors (Lipinski definition) is 0. The first-order valence-electron chi connectivity index (χ1n) is 10.9. The molecule has 6 nitrogen and oxygen atoms in total. The number of nitrogens with zero attached hydrogens (tertiary/aromatic N) is 4. The van der Waals surface area contributed by atoms with Gasteiger partial charge in [-0.15, -0.1) is 10.2 Å². The van der Waals surface area contributed by atoms with Gasteiger partial charge in [0.25, 0.3) is 0 Å². The Bertz CT molecular complexity index is 1020. The van der Waals surface area contributed by atoms with Crippen molar-refractivity contribution in [2.75, 3.05) is 17.7 Å². The Morgan fingerprint density at radius 1 is 1.00 bits per heavy atom. The summed E-state index contributed by atoms with van der Waals surface area (Å²) >= 11 is 1.40. The number of carbonyl (C=O) groups is 1. The second-order valence-electron chi connectivity index (χ2n) is 8.37. The molecule has 1 amide bonds. The van der Waals surface area contributed by atoms with Gasteiger partial charge < -0.3 is 14.2 Å². The molecule has 2 aromatic carbocycles. The zero-order chi connectivity index (χ0) is 23.3. The van der Waals surface area contributed by atoms with Crippen LogP contribution in [0, 0.1) is 0 Å². The quantitative estimate of drug-likeness (QED) is 0.380. The molecule has 1 unspecified atom stereocenters. The number of aromatic nitrogens is 3. The van der Waals surface area contributed by atoms with E-state index in [0.29, 0.717) is 5.92 Å². The van der Waals surface area contributed by atoms with E-state index in [4.69, 9.17) is 4.74 Å². The maximum Gasteiger partial charge on any atom is 0.237 e. The minimum atomic E-state index is -0.271. The molecule has 0 aliphatic carbocycles. The van der Waals surface area contributed by atoms with E-state index < -0.39 is 0 Å². The molecule has 1 heterocycles. The molecule has 0 N–H and O–H groups in total. The molecule has 0 saturated carbocycles. The molecule has 3 aromatic rings. The third-order valence-corrected chi connectivity index (χ3v) is 6.20. The maximum absolute atomic E-state index is 12.7. The van der Waals surface area contributed by atoms with Gasteiger partial charge in [0.05, 0.1) is 5.75 Å². The van der Waals surface area contributed by atoms with E-state index in [1.54, 1.807) is 11.9 Å². The van der Waals surface area contributed by atoms with Crippen molar-refractivity contribution in [3.05, 3.63) is 66.0 Å². The Hall–Kier alpha value is -2.80. The number of carbonyl (C=O) groups excluding carboxylic acids is 1. The molecule has 0 spiro atoms. The van der Waals surface area contributed by atoms with Crippen LogP contribution in [-0.2, 0) is 4.79 Å². The van der Waals surface area contributed by atoms with Crippen LogP contribution in [-0.4, -0.2) is 33.5 Å². The Morgan fingerprint density at radius 3 is 2.25 bits per heavy atom. The molecule has 0 bridgehead atoms. The molecule has 0 radical (unpaired) electrons. The fraction of sp³-hybridized carbons (Fsp3) is 0.400. The Balaban J connectivity index is 1.70. The number of anilines is 1. The average molecular weight is 453 g/mol. The van der Waals surface area contributed by atoms with E-state index in [1.807, 2.05) is 54.0 Å². The van der Waals surface area contributed by atoms with Crippen molar-refractivity contribution in [2.45, 2.75) is 57.8 Å². The largest absolute Gasteiger partial charge is 0.483 e. The van der Waals surface area contributed by atoms with Crippen LogP contribution in [0.5, 0.6) is 5.75 Å². The van der Waals surface area contributed by atoms with Gasteiger partial charge in [0.15, 0.2) is 17.1 Å². The SMILES string of the molecule is CC(C)c1ccc(OC(C)c2nnc(SCC(=O)N(C)c3ccccc3)n2C(C)C)cc1. The van der Waals surface area contributed by atoms with Crippen LogP contribution in [0.25, 0.3) is 0 Å². The van der Waals surface area contributed by atoms with Gasteiger partial charge >= 0.3 is 0 Å². The summed E-state index contributed by atoms with van der Waals surface area (Å²) in [5.74, 6) is 2.32. The normalized spacial score (nSPS) is 12.2. The van der Waals surface area contributed by atoms with Gasteiger partial charge in [0.1, 0.15) is 5.75 Å². The summed E-state index contributed by atoms with van der Waals surface area (Å²) in [5, 5.41) is 9.49. The molecule has 1 aromatic heterocycles. The van der Waals surface area contributed by atoms with E-state index in [2.05, 4.69) is 50.0 Å². The Morgan fingerprint density at radius 2 is 1.66 bits per heavy atom. The number of para-hydroxylation sites is 1. The first-order chi connectivity index (χ1) is 15.3. The van der Waals surface area contributed by atoms with E-state index in [9.17, 15) is 4.79 Å². The molecular formula is C25H32N4O2S. The smallest absolute Gasteiger partial charge is 0.237 e. The highest BCUT2D eigenvalue weighted by atomic mass is 32.2. The van der Waals surface area contributed by atoms with E-state index in [-0.39, 0.29) is 23.8 Å². The molecule has 1 atom stereocenters. The second-order valence-corrected chi connectivity index (χ2v) is 9.31. The van der Waals surface area contributed by atoms with E-state index in [0.717, 1.165) is 22.4 Å². The highest BCUT2D eigenvalue weighted by molar-refractivity contribution is 7.99. The van der Waals surface area contributed by atoms with Crippen molar-refractivity contribution in [3.63, 3.8) is 0 Å². The third-order valence-electron chi connectivity index (χ3n) is 5.27. The van der Waals surface area contributed by atoms with Crippen molar-refractivity contribution in [1.29, 1.82) is 0 Å². The Labute approximate surface area is 195 Å². The fourth-order valence-electron chi connectivity index (χ4n) is 3.36. The van der Waals surface area contributed by atoms with Crippen LogP contribution in [0.4, 0.5) is 5.69 Å². The topological polar surface area (TPSA) is 60.3 Å². The van der Waals surface area contributed by atoms with Gasteiger partial charge in [-0.25, -0.2) is 0 Å². The second kappa shape index (κ2) is 10.7. The summed E-state index contributed by atoms with van der Waals surface area (Å²) in [5.41, 5.74) is 2.15. The summed E-state index contributed by atoms with van der Waals surface area (Å²) in [4.78, 5) is 14.3. The molecular weight excluding hydrogens is 420 g/mol. The van der Waals surface area contributed by atoms with Gasteiger partial charge in [-0.3, -0.25) is 4.79 Å². The van der Waals surface area contributed by atoms with E-state index in [1.165, 1.54) is 17.3 Å². The number of hydrogen-bond acceptors (Lipinski definition) is 5. The molecule has 3 rings (SSSR count). The van der Waals surface area contributed by atoms with Crippen LogP contribution in [0.1, 0.15) is 64.1 Å². The summed E-state index contributed by atoms with van der Waals surface area (Å²) in [6.07, 6.45) is -0.271. The highest BCUT2D eigenvalue weighted by Gasteiger charge is 2.23. The van der Waals surface area contributed by atoms with Crippen molar-refractivity contribution >= 4 is 23.4 Å². The molecule has 0 fully saturated rings.